The summed E-state index contributed by atoms with van der Waals surface area (Å²) in [4.78, 5) is 28.0. The van der Waals surface area contributed by atoms with Gasteiger partial charge in [-0.3, -0.25) is 14.5 Å². The number of amides is 1. The summed E-state index contributed by atoms with van der Waals surface area (Å²) in [6.45, 7) is 1.87. The second kappa shape index (κ2) is 6.52. The number of ketones is 1. The lowest BCUT2D eigenvalue weighted by Gasteiger charge is -2.25. The third-order valence-electron chi connectivity index (χ3n) is 4.86. The second-order valence-corrected chi connectivity index (χ2v) is 7.58. The highest BCUT2D eigenvalue weighted by Crippen LogP contribution is 2.45. The monoisotopic (exact) mass is 409 g/mol. The van der Waals surface area contributed by atoms with E-state index in [0.29, 0.717) is 33.6 Å². The lowest BCUT2D eigenvalue weighted by Crippen LogP contribution is -2.30. The zero-order valence-electron chi connectivity index (χ0n) is 15.2. The van der Waals surface area contributed by atoms with Crippen molar-refractivity contribution in [2.75, 3.05) is 11.7 Å². The van der Waals surface area contributed by atoms with Crippen LogP contribution in [0.1, 0.15) is 27.2 Å². The molecule has 3 aromatic rings. The number of hydrogen-bond donors (Lipinski definition) is 1. The Balaban J connectivity index is 1.65. The second-order valence-electron chi connectivity index (χ2n) is 6.63. The van der Waals surface area contributed by atoms with Crippen LogP contribution in [0, 0.1) is 6.92 Å². The molecular formula is C21H15NO6S. The number of aliphatic hydroxyl groups excluding tert-OH is 1. The number of carbonyl (C=O) groups is 2. The van der Waals surface area contributed by atoms with E-state index >= 15 is 0 Å². The Morgan fingerprint density at radius 2 is 2.00 bits per heavy atom. The Kier molecular flexibility index (Phi) is 3.95. The molecule has 0 spiro atoms. The van der Waals surface area contributed by atoms with Crippen LogP contribution in [-0.2, 0) is 4.79 Å². The van der Waals surface area contributed by atoms with Gasteiger partial charge in [0.2, 0.25) is 12.6 Å². The van der Waals surface area contributed by atoms with Gasteiger partial charge in [-0.2, -0.15) is 0 Å². The summed E-state index contributed by atoms with van der Waals surface area (Å²) in [5, 5.41) is 12.4. The van der Waals surface area contributed by atoms with Crippen molar-refractivity contribution in [2.24, 2.45) is 0 Å². The van der Waals surface area contributed by atoms with Crippen LogP contribution in [0.25, 0.3) is 0 Å². The van der Waals surface area contributed by atoms with Gasteiger partial charge in [0.05, 0.1) is 10.5 Å². The summed E-state index contributed by atoms with van der Waals surface area (Å²) < 4.78 is 16.5. The van der Waals surface area contributed by atoms with Crippen molar-refractivity contribution in [3.05, 3.63) is 75.6 Å². The van der Waals surface area contributed by atoms with E-state index < -0.39 is 23.5 Å². The number of carbonyl (C=O) groups excluding carboxylic acids is 2. The molecular weight excluding hydrogens is 394 g/mol. The zero-order chi connectivity index (χ0) is 20.1. The fraction of sp³-hybridized carbons (Fsp3) is 0.143. The quantitative estimate of drug-likeness (QED) is 0.651. The van der Waals surface area contributed by atoms with Crippen LogP contribution in [0.15, 0.2) is 63.6 Å². The molecule has 1 unspecified atom stereocenters. The van der Waals surface area contributed by atoms with E-state index in [0.717, 1.165) is 0 Å². The molecule has 29 heavy (non-hydrogen) atoms. The third kappa shape index (κ3) is 2.72. The maximum atomic E-state index is 13.1. The van der Waals surface area contributed by atoms with E-state index in [4.69, 9.17) is 13.9 Å². The van der Waals surface area contributed by atoms with Crippen LogP contribution in [0.5, 0.6) is 11.5 Å². The fourth-order valence-corrected chi connectivity index (χ4v) is 4.23. The highest BCUT2D eigenvalue weighted by molar-refractivity contribution is 7.12. The first-order valence-electron chi connectivity index (χ1n) is 8.85. The normalized spacial score (nSPS) is 18.0. The largest absolute Gasteiger partial charge is 0.503 e. The summed E-state index contributed by atoms with van der Waals surface area (Å²) >= 11 is 1.25. The van der Waals surface area contributed by atoms with E-state index in [2.05, 4.69) is 0 Å². The van der Waals surface area contributed by atoms with Crippen molar-refractivity contribution in [3.63, 3.8) is 0 Å². The Morgan fingerprint density at radius 3 is 2.72 bits per heavy atom. The fourth-order valence-electron chi connectivity index (χ4n) is 3.55. The van der Waals surface area contributed by atoms with E-state index in [-0.39, 0.29) is 12.4 Å². The maximum Gasteiger partial charge on any atom is 0.294 e. The first kappa shape index (κ1) is 17.6. The molecule has 146 valence electrons. The molecule has 2 aliphatic heterocycles. The smallest absolute Gasteiger partial charge is 0.294 e. The molecule has 0 radical (unpaired) electrons. The minimum atomic E-state index is -0.897. The number of ether oxygens (including phenoxy) is 2. The summed E-state index contributed by atoms with van der Waals surface area (Å²) in [7, 11) is 0. The van der Waals surface area contributed by atoms with Crippen LogP contribution < -0.4 is 14.4 Å². The average Bonchev–Trinajstić information content (AvgIpc) is 3.49. The predicted octanol–water partition coefficient (Wildman–Crippen LogP) is 4.16. The molecule has 1 aromatic carbocycles. The molecule has 2 aromatic heterocycles. The number of nitrogens with zero attached hydrogens (tertiary/aromatic N) is 1. The Bertz CT molecular complexity index is 1160. The highest BCUT2D eigenvalue weighted by Gasteiger charge is 2.46. The van der Waals surface area contributed by atoms with Crippen LogP contribution in [-0.4, -0.2) is 23.6 Å². The number of fused-ring (bicyclic) bond motifs is 1. The molecule has 4 heterocycles. The van der Waals surface area contributed by atoms with Crippen molar-refractivity contribution >= 4 is 28.7 Å². The molecule has 1 N–H and O–H groups in total. The molecule has 0 saturated heterocycles. The molecule has 0 aliphatic carbocycles. The van der Waals surface area contributed by atoms with Gasteiger partial charge in [0, 0.05) is 11.8 Å². The molecule has 1 atom stereocenters. The van der Waals surface area contributed by atoms with E-state index in [9.17, 15) is 14.7 Å². The van der Waals surface area contributed by atoms with Gasteiger partial charge < -0.3 is 19.0 Å². The Morgan fingerprint density at radius 1 is 1.17 bits per heavy atom. The van der Waals surface area contributed by atoms with Gasteiger partial charge in [0.15, 0.2) is 17.3 Å². The molecule has 0 bridgehead atoms. The first-order chi connectivity index (χ1) is 14.0. The molecule has 0 saturated carbocycles. The van der Waals surface area contributed by atoms with Crippen molar-refractivity contribution in [1.82, 2.24) is 0 Å². The Labute approximate surface area is 169 Å². The van der Waals surface area contributed by atoms with E-state index in [1.807, 2.05) is 0 Å². The van der Waals surface area contributed by atoms with Gasteiger partial charge in [-0.05, 0) is 42.6 Å². The lowest BCUT2D eigenvalue weighted by molar-refractivity contribution is -0.117. The maximum absolute atomic E-state index is 13.1. The molecule has 2 aliphatic rings. The minimum Gasteiger partial charge on any atom is -0.503 e. The van der Waals surface area contributed by atoms with Gasteiger partial charge in [-0.15, -0.1) is 11.3 Å². The van der Waals surface area contributed by atoms with E-state index in [1.54, 1.807) is 54.8 Å². The van der Waals surface area contributed by atoms with Gasteiger partial charge in [-0.25, -0.2) is 0 Å². The lowest BCUT2D eigenvalue weighted by atomic mass is 10.00. The third-order valence-corrected chi connectivity index (χ3v) is 5.73. The molecule has 1 amide bonds. The van der Waals surface area contributed by atoms with Gasteiger partial charge in [-0.1, -0.05) is 6.07 Å². The molecule has 8 heteroatoms. The zero-order valence-corrected chi connectivity index (χ0v) is 16.1. The predicted molar refractivity (Wildman–Crippen MR) is 105 cm³/mol. The number of hydrogen-bond acceptors (Lipinski definition) is 7. The Hall–Kier alpha value is -3.52. The minimum absolute atomic E-state index is 0.00975. The van der Waals surface area contributed by atoms with Crippen LogP contribution in [0.4, 0.5) is 5.69 Å². The molecule has 5 rings (SSSR count). The highest BCUT2D eigenvalue weighted by atomic mass is 32.1. The van der Waals surface area contributed by atoms with Crippen molar-refractivity contribution in [2.45, 2.75) is 13.0 Å². The molecule has 7 nitrogen and oxygen atoms in total. The van der Waals surface area contributed by atoms with Gasteiger partial charge in [0.1, 0.15) is 17.6 Å². The first-order valence-corrected chi connectivity index (χ1v) is 9.73. The number of furan rings is 1. The summed E-state index contributed by atoms with van der Waals surface area (Å²) in [6, 6.07) is 11.0. The topological polar surface area (TPSA) is 89.2 Å². The average molecular weight is 409 g/mol. The SMILES string of the molecule is Cc1ccc(C2C(C(=O)c3cccs3)=C(O)C(=O)N2c2ccc3c(c2)OCO3)o1. The van der Waals surface area contributed by atoms with Crippen molar-refractivity contribution < 1.29 is 28.6 Å². The van der Waals surface area contributed by atoms with Crippen LogP contribution >= 0.6 is 11.3 Å². The number of aryl methyl sites for hydroxylation is 1. The van der Waals surface area contributed by atoms with Crippen LogP contribution in [0.2, 0.25) is 0 Å². The number of rotatable bonds is 4. The number of thiophene rings is 1. The van der Waals surface area contributed by atoms with Gasteiger partial charge in [0.25, 0.3) is 5.91 Å². The van der Waals surface area contributed by atoms with Crippen molar-refractivity contribution in [1.29, 1.82) is 0 Å². The number of anilines is 1. The summed E-state index contributed by atoms with van der Waals surface area (Å²) in [5.41, 5.74) is 0.447. The van der Waals surface area contributed by atoms with E-state index in [1.165, 1.54) is 16.2 Å². The van der Waals surface area contributed by atoms with Crippen LogP contribution in [0.3, 0.4) is 0 Å². The summed E-state index contributed by atoms with van der Waals surface area (Å²) in [5.74, 6) is 0.404. The molecule has 0 fully saturated rings. The standard InChI is InChI=1S/C21H15NO6S/c1-11-4-6-14(28-11)18-17(19(23)16-3-2-8-29-16)20(24)21(25)22(18)12-5-7-13-15(9-12)27-10-26-13/h2-9,18,24H,10H2,1H3. The summed E-state index contributed by atoms with van der Waals surface area (Å²) in [6.07, 6.45) is 0. The van der Waals surface area contributed by atoms with Gasteiger partial charge >= 0.3 is 0 Å². The van der Waals surface area contributed by atoms with Crippen molar-refractivity contribution in [3.8, 4) is 11.5 Å². The number of Topliss-reactive ketones (excluding diaryl/α,β-unsaturated/α-hetero) is 1. The number of aliphatic hydroxyl groups is 1. The number of benzene rings is 1.